The summed E-state index contributed by atoms with van der Waals surface area (Å²) < 4.78 is 0. The van der Waals surface area contributed by atoms with Crippen molar-refractivity contribution in [3.63, 3.8) is 0 Å². The Hall–Kier alpha value is -1.68. The van der Waals surface area contributed by atoms with Gasteiger partial charge in [-0.25, -0.2) is 0 Å². The SMILES string of the molecule is CC(=O)c1ccc(NC(=O)C2(C)CCNC2)cc1. The number of carbonyl (C=O) groups is 2. The molecule has 18 heavy (non-hydrogen) atoms. The van der Waals surface area contributed by atoms with Crippen LogP contribution in [0.4, 0.5) is 5.69 Å². The Bertz CT molecular complexity index is 459. The Morgan fingerprint density at radius 2 is 1.94 bits per heavy atom. The molecule has 1 heterocycles. The molecule has 0 aliphatic carbocycles. The average Bonchev–Trinajstić information content (AvgIpc) is 2.78. The van der Waals surface area contributed by atoms with Gasteiger partial charge in [-0.2, -0.15) is 0 Å². The van der Waals surface area contributed by atoms with E-state index in [1.54, 1.807) is 24.3 Å². The van der Waals surface area contributed by atoms with Crippen molar-refractivity contribution in [1.29, 1.82) is 0 Å². The fourth-order valence-corrected chi connectivity index (χ4v) is 2.08. The van der Waals surface area contributed by atoms with E-state index in [0.29, 0.717) is 12.1 Å². The second kappa shape index (κ2) is 4.90. The number of Topliss-reactive ketones (excluding diaryl/α,β-unsaturated/α-hetero) is 1. The second-order valence-electron chi connectivity index (χ2n) is 5.08. The van der Waals surface area contributed by atoms with Crippen molar-refractivity contribution in [3.8, 4) is 0 Å². The van der Waals surface area contributed by atoms with E-state index in [9.17, 15) is 9.59 Å². The van der Waals surface area contributed by atoms with Crippen LogP contribution in [0.25, 0.3) is 0 Å². The Kier molecular flexibility index (Phi) is 3.48. The molecule has 0 aromatic heterocycles. The lowest BCUT2D eigenvalue weighted by molar-refractivity contribution is -0.123. The first kappa shape index (κ1) is 12.8. The molecule has 1 aliphatic rings. The number of carbonyl (C=O) groups excluding carboxylic acids is 2. The van der Waals surface area contributed by atoms with Gasteiger partial charge in [0.1, 0.15) is 0 Å². The van der Waals surface area contributed by atoms with Crippen LogP contribution in [0, 0.1) is 5.41 Å². The Balaban J connectivity index is 2.05. The first-order valence-corrected chi connectivity index (χ1v) is 6.14. The molecule has 1 aromatic carbocycles. The maximum absolute atomic E-state index is 12.1. The molecular formula is C14H18N2O2. The molecular weight excluding hydrogens is 228 g/mol. The molecule has 1 fully saturated rings. The molecule has 96 valence electrons. The molecule has 1 amide bonds. The van der Waals surface area contributed by atoms with Gasteiger partial charge in [0.05, 0.1) is 5.41 Å². The van der Waals surface area contributed by atoms with Crippen molar-refractivity contribution in [2.24, 2.45) is 5.41 Å². The monoisotopic (exact) mass is 246 g/mol. The van der Waals surface area contributed by atoms with Gasteiger partial charge in [0.25, 0.3) is 0 Å². The fourth-order valence-electron chi connectivity index (χ4n) is 2.08. The first-order valence-electron chi connectivity index (χ1n) is 6.14. The maximum atomic E-state index is 12.1. The summed E-state index contributed by atoms with van der Waals surface area (Å²) in [5.74, 6) is 0.0582. The number of anilines is 1. The zero-order chi connectivity index (χ0) is 13.2. The lowest BCUT2D eigenvalue weighted by Gasteiger charge is -2.21. The zero-order valence-electron chi connectivity index (χ0n) is 10.7. The minimum Gasteiger partial charge on any atom is -0.326 e. The smallest absolute Gasteiger partial charge is 0.231 e. The van der Waals surface area contributed by atoms with Gasteiger partial charge in [0, 0.05) is 17.8 Å². The molecule has 1 saturated heterocycles. The van der Waals surface area contributed by atoms with Gasteiger partial charge in [0.2, 0.25) is 5.91 Å². The average molecular weight is 246 g/mol. The minimum absolute atomic E-state index is 0.0276. The third kappa shape index (κ3) is 2.59. The fraction of sp³-hybridized carbons (Fsp3) is 0.429. The molecule has 1 unspecified atom stereocenters. The summed E-state index contributed by atoms with van der Waals surface area (Å²) in [6, 6.07) is 6.99. The number of amides is 1. The Labute approximate surface area is 107 Å². The highest BCUT2D eigenvalue weighted by Gasteiger charge is 2.36. The van der Waals surface area contributed by atoms with E-state index in [-0.39, 0.29) is 17.1 Å². The highest BCUT2D eigenvalue weighted by molar-refractivity contribution is 5.97. The molecule has 2 N–H and O–H groups in total. The van der Waals surface area contributed by atoms with Gasteiger partial charge in [0.15, 0.2) is 5.78 Å². The first-order chi connectivity index (χ1) is 8.51. The number of hydrogen-bond donors (Lipinski definition) is 2. The number of ketones is 1. The summed E-state index contributed by atoms with van der Waals surface area (Å²) >= 11 is 0. The molecule has 0 spiro atoms. The standard InChI is InChI=1S/C14H18N2O2/c1-10(17)11-3-5-12(6-4-11)16-13(18)14(2)7-8-15-9-14/h3-6,15H,7-9H2,1-2H3,(H,16,18). The summed E-state index contributed by atoms with van der Waals surface area (Å²) in [6.45, 7) is 5.09. The maximum Gasteiger partial charge on any atom is 0.231 e. The molecule has 0 saturated carbocycles. The topological polar surface area (TPSA) is 58.2 Å². The van der Waals surface area contributed by atoms with Gasteiger partial charge in [-0.15, -0.1) is 0 Å². The van der Waals surface area contributed by atoms with E-state index < -0.39 is 0 Å². The van der Waals surface area contributed by atoms with Crippen LogP contribution in [-0.2, 0) is 4.79 Å². The molecule has 1 aliphatic heterocycles. The Morgan fingerprint density at radius 3 is 2.44 bits per heavy atom. The van der Waals surface area contributed by atoms with Crippen LogP contribution < -0.4 is 10.6 Å². The third-order valence-electron chi connectivity index (χ3n) is 3.47. The van der Waals surface area contributed by atoms with Gasteiger partial charge in [-0.1, -0.05) is 0 Å². The predicted molar refractivity (Wildman–Crippen MR) is 70.7 cm³/mol. The van der Waals surface area contributed by atoms with Crippen molar-refractivity contribution < 1.29 is 9.59 Å². The highest BCUT2D eigenvalue weighted by Crippen LogP contribution is 2.26. The van der Waals surface area contributed by atoms with Gasteiger partial charge in [-0.3, -0.25) is 9.59 Å². The van der Waals surface area contributed by atoms with E-state index in [2.05, 4.69) is 10.6 Å². The lowest BCUT2D eigenvalue weighted by Crippen LogP contribution is -2.35. The number of benzene rings is 1. The molecule has 1 atom stereocenters. The molecule has 0 radical (unpaired) electrons. The summed E-state index contributed by atoms with van der Waals surface area (Å²) in [4.78, 5) is 23.3. The third-order valence-corrected chi connectivity index (χ3v) is 3.47. The van der Waals surface area contributed by atoms with Crippen molar-refractivity contribution in [2.75, 3.05) is 18.4 Å². The van der Waals surface area contributed by atoms with Crippen molar-refractivity contribution in [3.05, 3.63) is 29.8 Å². The largest absolute Gasteiger partial charge is 0.326 e. The van der Waals surface area contributed by atoms with Crippen LogP contribution in [-0.4, -0.2) is 24.8 Å². The minimum atomic E-state index is -0.334. The quantitative estimate of drug-likeness (QED) is 0.800. The molecule has 4 heteroatoms. The molecule has 4 nitrogen and oxygen atoms in total. The number of nitrogens with one attached hydrogen (secondary N) is 2. The number of rotatable bonds is 3. The van der Waals surface area contributed by atoms with E-state index in [1.165, 1.54) is 6.92 Å². The number of hydrogen-bond acceptors (Lipinski definition) is 3. The van der Waals surface area contributed by atoms with Crippen molar-refractivity contribution >= 4 is 17.4 Å². The van der Waals surface area contributed by atoms with Crippen molar-refractivity contribution in [2.45, 2.75) is 20.3 Å². The van der Waals surface area contributed by atoms with Crippen LogP contribution in [0.3, 0.4) is 0 Å². The van der Waals surface area contributed by atoms with Gasteiger partial charge >= 0.3 is 0 Å². The van der Waals surface area contributed by atoms with E-state index in [0.717, 1.165) is 18.7 Å². The summed E-state index contributed by atoms with van der Waals surface area (Å²) in [7, 11) is 0. The molecule has 0 bridgehead atoms. The van der Waals surface area contributed by atoms with Crippen LogP contribution in [0.1, 0.15) is 30.6 Å². The second-order valence-corrected chi connectivity index (χ2v) is 5.08. The van der Waals surface area contributed by atoms with E-state index >= 15 is 0 Å². The summed E-state index contributed by atoms with van der Waals surface area (Å²) in [6.07, 6.45) is 0.852. The van der Waals surface area contributed by atoms with Gasteiger partial charge in [-0.05, 0) is 51.1 Å². The predicted octanol–water partition coefficient (Wildman–Crippen LogP) is 1.83. The zero-order valence-corrected chi connectivity index (χ0v) is 10.7. The highest BCUT2D eigenvalue weighted by atomic mass is 16.2. The molecule has 1 aromatic rings. The Morgan fingerprint density at radius 1 is 1.28 bits per heavy atom. The molecule has 2 rings (SSSR count). The summed E-state index contributed by atoms with van der Waals surface area (Å²) in [5.41, 5.74) is 1.05. The van der Waals surface area contributed by atoms with E-state index in [4.69, 9.17) is 0 Å². The van der Waals surface area contributed by atoms with Crippen LogP contribution >= 0.6 is 0 Å². The van der Waals surface area contributed by atoms with Crippen molar-refractivity contribution in [1.82, 2.24) is 5.32 Å². The van der Waals surface area contributed by atoms with E-state index in [1.807, 2.05) is 6.92 Å². The van der Waals surface area contributed by atoms with Crippen LogP contribution in [0.2, 0.25) is 0 Å². The lowest BCUT2D eigenvalue weighted by atomic mass is 9.88. The van der Waals surface area contributed by atoms with Gasteiger partial charge < -0.3 is 10.6 Å². The summed E-state index contributed by atoms with van der Waals surface area (Å²) in [5, 5.41) is 6.10. The van der Waals surface area contributed by atoms with Crippen LogP contribution in [0.5, 0.6) is 0 Å². The van der Waals surface area contributed by atoms with Crippen LogP contribution in [0.15, 0.2) is 24.3 Å². The normalized spacial score (nSPS) is 22.8.